The molecule has 7 heteroatoms. The standard InChI is InChI=1S/C12H17N3O3S/c1-5-6-14-10(16)8(3)18-12(17)9-7(2)15-19-11(9)13-4/h5,8,13H,1,6H2,2-4H3,(H,14,16). The van der Waals surface area contributed by atoms with E-state index in [-0.39, 0.29) is 5.91 Å². The SMILES string of the molecule is C=CCNC(=O)C(C)OC(=O)c1c(C)nsc1NC. The van der Waals surface area contributed by atoms with Gasteiger partial charge in [0.1, 0.15) is 10.6 Å². The van der Waals surface area contributed by atoms with E-state index in [4.69, 9.17) is 4.74 Å². The zero-order valence-corrected chi connectivity index (χ0v) is 12.0. The largest absolute Gasteiger partial charge is 0.449 e. The monoisotopic (exact) mass is 283 g/mol. The van der Waals surface area contributed by atoms with Crippen LogP contribution in [0.1, 0.15) is 23.0 Å². The Balaban J connectivity index is 2.71. The van der Waals surface area contributed by atoms with E-state index in [0.717, 1.165) is 0 Å². The molecule has 6 nitrogen and oxygen atoms in total. The van der Waals surface area contributed by atoms with E-state index in [1.807, 2.05) is 0 Å². The molecule has 0 aliphatic heterocycles. The fourth-order valence-corrected chi connectivity index (χ4v) is 2.10. The molecule has 19 heavy (non-hydrogen) atoms. The molecule has 0 aromatic carbocycles. The first-order valence-corrected chi connectivity index (χ1v) is 6.52. The van der Waals surface area contributed by atoms with Gasteiger partial charge in [-0.15, -0.1) is 6.58 Å². The summed E-state index contributed by atoms with van der Waals surface area (Å²) < 4.78 is 9.19. The van der Waals surface area contributed by atoms with Gasteiger partial charge in [-0.2, -0.15) is 4.37 Å². The van der Waals surface area contributed by atoms with E-state index < -0.39 is 12.1 Å². The first-order valence-electron chi connectivity index (χ1n) is 5.74. The smallest absolute Gasteiger partial charge is 0.343 e. The molecule has 104 valence electrons. The highest BCUT2D eigenvalue weighted by Crippen LogP contribution is 2.24. The molecule has 0 saturated heterocycles. The highest BCUT2D eigenvalue weighted by molar-refractivity contribution is 7.10. The predicted molar refractivity (Wildman–Crippen MR) is 74.5 cm³/mol. The third-order valence-electron chi connectivity index (χ3n) is 2.37. The van der Waals surface area contributed by atoms with Crippen molar-refractivity contribution in [3.8, 4) is 0 Å². The fraction of sp³-hybridized carbons (Fsp3) is 0.417. The van der Waals surface area contributed by atoms with Gasteiger partial charge in [-0.1, -0.05) is 6.08 Å². The summed E-state index contributed by atoms with van der Waals surface area (Å²) in [5.74, 6) is -0.919. The summed E-state index contributed by atoms with van der Waals surface area (Å²) in [4.78, 5) is 23.6. The van der Waals surface area contributed by atoms with Crippen LogP contribution in [0.25, 0.3) is 0 Å². The molecule has 0 radical (unpaired) electrons. The minimum Gasteiger partial charge on any atom is -0.449 e. The van der Waals surface area contributed by atoms with Crippen LogP contribution in [-0.4, -0.2) is 35.9 Å². The maximum absolute atomic E-state index is 12.0. The Kier molecular flexibility index (Phi) is 5.50. The Labute approximate surface area is 116 Å². The lowest BCUT2D eigenvalue weighted by Crippen LogP contribution is -2.36. The highest BCUT2D eigenvalue weighted by Gasteiger charge is 2.23. The number of hydrogen-bond donors (Lipinski definition) is 2. The quantitative estimate of drug-likeness (QED) is 0.608. The maximum atomic E-state index is 12.0. The van der Waals surface area contributed by atoms with Gasteiger partial charge in [0.25, 0.3) is 5.91 Å². The molecule has 1 aromatic rings. The summed E-state index contributed by atoms with van der Waals surface area (Å²) in [5.41, 5.74) is 0.953. The van der Waals surface area contributed by atoms with Crippen molar-refractivity contribution in [1.29, 1.82) is 0 Å². The lowest BCUT2D eigenvalue weighted by atomic mass is 10.2. The number of esters is 1. The van der Waals surface area contributed by atoms with Crippen LogP contribution in [-0.2, 0) is 9.53 Å². The predicted octanol–water partition coefficient (Wildman–Crippen LogP) is 1.34. The van der Waals surface area contributed by atoms with Gasteiger partial charge >= 0.3 is 5.97 Å². The Morgan fingerprint density at radius 2 is 2.26 bits per heavy atom. The van der Waals surface area contributed by atoms with E-state index in [1.54, 1.807) is 20.0 Å². The van der Waals surface area contributed by atoms with Gasteiger partial charge in [0, 0.05) is 13.6 Å². The third kappa shape index (κ3) is 3.78. The summed E-state index contributed by atoms with van der Waals surface area (Å²) >= 11 is 1.18. The van der Waals surface area contributed by atoms with Crippen LogP contribution in [0.3, 0.4) is 0 Å². The minimum absolute atomic E-state index is 0.335. The topological polar surface area (TPSA) is 80.3 Å². The van der Waals surface area contributed by atoms with Crippen LogP contribution in [0.5, 0.6) is 0 Å². The average Bonchev–Trinajstić information content (AvgIpc) is 2.76. The molecular weight excluding hydrogens is 266 g/mol. The van der Waals surface area contributed by atoms with Gasteiger partial charge in [0.15, 0.2) is 6.10 Å². The van der Waals surface area contributed by atoms with Crippen LogP contribution >= 0.6 is 11.5 Å². The van der Waals surface area contributed by atoms with Crippen LogP contribution in [0, 0.1) is 6.92 Å². The number of ether oxygens (including phenoxy) is 1. The Hall–Kier alpha value is -1.89. The lowest BCUT2D eigenvalue weighted by molar-refractivity contribution is -0.128. The number of rotatable bonds is 6. The summed E-state index contributed by atoms with van der Waals surface area (Å²) in [6.45, 7) is 7.06. The molecule has 2 N–H and O–H groups in total. The van der Waals surface area contributed by atoms with E-state index >= 15 is 0 Å². The minimum atomic E-state index is -0.864. The van der Waals surface area contributed by atoms with Gasteiger partial charge in [0.2, 0.25) is 0 Å². The fourth-order valence-electron chi connectivity index (χ4n) is 1.37. The molecule has 1 amide bonds. The number of amides is 1. The van der Waals surface area contributed by atoms with Crippen molar-refractivity contribution in [2.75, 3.05) is 18.9 Å². The van der Waals surface area contributed by atoms with E-state index in [1.165, 1.54) is 18.5 Å². The van der Waals surface area contributed by atoms with Crippen LogP contribution in [0.2, 0.25) is 0 Å². The number of aromatic nitrogens is 1. The van der Waals surface area contributed by atoms with Crippen molar-refractivity contribution < 1.29 is 14.3 Å². The Morgan fingerprint density at radius 1 is 1.58 bits per heavy atom. The molecule has 1 rings (SSSR count). The summed E-state index contributed by atoms with van der Waals surface area (Å²) in [5, 5.41) is 6.06. The molecular formula is C12H17N3O3S. The van der Waals surface area contributed by atoms with Gasteiger partial charge in [-0.05, 0) is 25.4 Å². The van der Waals surface area contributed by atoms with Gasteiger partial charge in [-0.3, -0.25) is 4.79 Å². The summed E-state index contributed by atoms with van der Waals surface area (Å²) in [7, 11) is 1.70. The molecule has 1 aromatic heterocycles. The Morgan fingerprint density at radius 3 is 2.84 bits per heavy atom. The Bertz CT molecular complexity index is 485. The second-order valence-electron chi connectivity index (χ2n) is 3.80. The van der Waals surface area contributed by atoms with Crippen molar-refractivity contribution in [3.63, 3.8) is 0 Å². The maximum Gasteiger partial charge on any atom is 0.343 e. The van der Waals surface area contributed by atoms with Gasteiger partial charge < -0.3 is 15.4 Å². The number of carbonyl (C=O) groups excluding carboxylic acids is 2. The summed E-state index contributed by atoms with van der Waals surface area (Å²) in [6.07, 6.45) is 0.690. The molecule has 1 heterocycles. The first-order chi connectivity index (χ1) is 9.01. The summed E-state index contributed by atoms with van der Waals surface area (Å²) in [6, 6.07) is 0. The number of anilines is 1. The molecule has 1 atom stereocenters. The van der Waals surface area contributed by atoms with Gasteiger partial charge in [0.05, 0.1) is 5.69 Å². The lowest BCUT2D eigenvalue weighted by Gasteiger charge is -2.13. The average molecular weight is 283 g/mol. The number of aryl methyl sites for hydroxylation is 1. The van der Waals surface area contributed by atoms with Crippen LogP contribution in [0.15, 0.2) is 12.7 Å². The highest BCUT2D eigenvalue weighted by atomic mass is 32.1. The van der Waals surface area contributed by atoms with Crippen LogP contribution in [0.4, 0.5) is 5.00 Å². The number of nitrogens with zero attached hydrogens (tertiary/aromatic N) is 1. The van der Waals surface area contributed by atoms with E-state index in [0.29, 0.717) is 22.8 Å². The van der Waals surface area contributed by atoms with Crippen molar-refractivity contribution in [2.45, 2.75) is 20.0 Å². The molecule has 0 aliphatic rings. The third-order valence-corrected chi connectivity index (χ3v) is 3.32. The molecule has 0 saturated carbocycles. The van der Waals surface area contributed by atoms with Crippen LogP contribution < -0.4 is 10.6 Å². The van der Waals surface area contributed by atoms with E-state index in [2.05, 4.69) is 21.6 Å². The van der Waals surface area contributed by atoms with Crippen molar-refractivity contribution in [3.05, 3.63) is 23.9 Å². The molecule has 0 fully saturated rings. The normalized spacial score (nSPS) is 11.5. The number of carbonyl (C=O) groups is 2. The van der Waals surface area contributed by atoms with Gasteiger partial charge in [-0.25, -0.2) is 4.79 Å². The van der Waals surface area contributed by atoms with E-state index in [9.17, 15) is 9.59 Å². The molecule has 0 bridgehead atoms. The first kappa shape index (κ1) is 15.2. The number of hydrogen-bond acceptors (Lipinski definition) is 6. The molecule has 0 aliphatic carbocycles. The second kappa shape index (κ2) is 6.89. The van der Waals surface area contributed by atoms with Crippen molar-refractivity contribution in [2.24, 2.45) is 0 Å². The molecule has 0 spiro atoms. The van der Waals surface area contributed by atoms with Crippen molar-refractivity contribution in [1.82, 2.24) is 9.69 Å². The molecule has 1 unspecified atom stereocenters. The second-order valence-corrected chi connectivity index (χ2v) is 4.58. The van der Waals surface area contributed by atoms with Crippen molar-refractivity contribution >= 4 is 28.4 Å². The number of nitrogens with one attached hydrogen (secondary N) is 2. The zero-order chi connectivity index (χ0) is 14.4. The zero-order valence-electron chi connectivity index (χ0n) is 11.1.